The lowest BCUT2D eigenvalue weighted by molar-refractivity contribution is -0.877. The van der Waals surface area contributed by atoms with Crippen molar-refractivity contribution >= 4 is 11.8 Å². The third-order valence-corrected chi connectivity index (χ3v) is 2.30. The second kappa shape index (κ2) is 6.92. The van der Waals surface area contributed by atoms with Gasteiger partial charge in [-0.1, -0.05) is 47.6 Å². The van der Waals surface area contributed by atoms with Crippen molar-refractivity contribution < 1.29 is 4.59 Å². The Kier molecular flexibility index (Phi) is 5.53. The predicted molar refractivity (Wildman–Crippen MR) is 80.4 cm³/mol. The Hall–Kier alpha value is -1.67. The standard InChI is InChI=1S/C16H23N2/c1-5-6-12-16(17-18(2,3)4)14-13-15-10-8-7-9-11-15/h5,7-11,13-14H,1,6,12H2,2-4H3/q+1/b14-13+,17-16-. The molecule has 0 atom stereocenters. The molecule has 2 nitrogen and oxygen atoms in total. The highest BCUT2D eigenvalue weighted by Gasteiger charge is 2.06. The molecule has 0 radical (unpaired) electrons. The topological polar surface area (TPSA) is 12.4 Å². The molecule has 0 saturated heterocycles. The number of nitrogens with zero attached hydrogens (tertiary/aromatic N) is 2. The lowest BCUT2D eigenvalue weighted by Gasteiger charge is -2.16. The van der Waals surface area contributed by atoms with Gasteiger partial charge >= 0.3 is 0 Å². The number of hydrogen-bond acceptors (Lipinski definition) is 1. The normalized spacial score (nSPS) is 12.9. The fourth-order valence-corrected chi connectivity index (χ4v) is 1.56. The zero-order chi connectivity index (χ0) is 13.4. The van der Waals surface area contributed by atoms with E-state index in [1.807, 2.05) is 24.3 Å². The molecule has 1 rings (SSSR count). The maximum atomic E-state index is 4.68. The van der Waals surface area contributed by atoms with Crippen LogP contribution in [0.3, 0.4) is 0 Å². The minimum atomic E-state index is 0.589. The highest BCUT2D eigenvalue weighted by atomic mass is 15.6. The molecule has 18 heavy (non-hydrogen) atoms. The first-order valence-electron chi connectivity index (χ1n) is 6.26. The summed E-state index contributed by atoms with van der Waals surface area (Å²) in [7, 11) is 6.18. The van der Waals surface area contributed by atoms with Crippen LogP contribution in [0.25, 0.3) is 6.08 Å². The molecule has 0 N–H and O–H groups in total. The average molecular weight is 243 g/mol. The van der Waals surface area contributed by atoms with Gasteiger partial charge in [0, 0.05) is 0 Å². The number of hydrogen-bond donors (Lipinski definition) is 0. The fraction of sp³-hybridized carbons (Fsp3) is 0.312. The zero-order valence-corrected chi connectivity index (χ0v) is 11.6. The van der Waals surface area contributed by atoms with Crippen molar-refractivity contribution in [1.29, 1.82) is 0 Å². The first-order valence-corrected chi connectivity index (χ1v) is 6.26. The van der Waals surface area contributed by atoms with Gasteiger partial charge in [0.2, 0.25) is 0 Å². The van der Waals surface area contributed by atoms with Crippen molar-refractivity contribution in [1.82, 2.24) is 0 Å². The lowest BCUT2D eigenvalue weighted by Crippen LogP contribution is -2.28. The second-order valence-corrected chi connectivity index (χ2v) is 5.10. The van der Waals surface area contributed by atoms with Gasteiger partial charge in [-0.2, -0.15) is 0 Å². The molecule has 0 fully saturated rings. The number of quaternary nitrogens is 1. The summed E-state index contributed by atoms with van der Waals surface area (Å²) in [5.74, 6) is 0. The van der Waals surface area contributed by atoms with Crippen molar-refractivity contribution in [2.75, 3.05) is 21.1 Å². The number of benzene rings is 1. The summed E-state index contributed by atoms with van der Waals surface area (Å²) in [5, 5.41) is 4.68. The maximum Gasteiger partial charge on any atom is 0.0961 e. The number of allylic oxidation sites excluding steroid dienone is 2. The van der Waals surface area contributed by atoms with Crippen molar-refractivity contribution in [2.24, 2.45) is 5.10 Å². The lowest BCUT2D eigenvalue weighted by atomic mass is 10.1. The van der Waals surface area contributed by atoms with Crippen LogP contribution in [-0.2, 0) is 0 Å². The second-order valence-electron chi connectivity index (χ2n) is 5.10. The van der Waals surface area contributed by atoms with E-state index in [2.05, 4.69) is 57.1 Å². The molecule has 0 aliphatic rings. The Morgan fingerprint density at radius 1 is 1.22 bits per heavy atom. The number of rotatable bonds is 6. The van der Waals surface area contributed by atoms with Crippen LogP contribution in [0.2, 0.25) is 0 Å². The van der Waals surface area contributed by atoms with E-state index < -0.39 is 0 Å². The van der Waals surface area contributed by atoms with E-state index in [1.54, 1.807) is 0 Å². The highest BCUT2D eigenvalue weighted by Crippen LogP contribution is 2.06. The Morgan fingerprint density at radius 3 is 2.44 bits per heavy atom. The SMILES string of the molecule is C=CCCC(/C=C/c1ccccc1)=N/[N+](C)(C)C. The third-order valence-electron chi connectivity index (χ3n) is 2.30. The van der Waals surface area contributed by atoms with Crippen LogP contribution in [-0.4, -0.2) is 31.4 Å². The van der Waals surface area contributed by atoms with Gasteiger partial charge in [0.1, 0.15) is 0 Å². The van der Waals surface area contributed by atoms with Crippen molar-refractivity contribution in [2.45, 2.75) is 12.8 Å². The van der Waals surface area contributed by atoms with Crippen molar-refractivity contribution in [3.05, 3.63) is 54.6 Å². The van der Waals surface area contributed by atoms with Gasteiger partial charge in [-0.3, -0.25) is 0 Å². The Balaban J connectivity index is 2.82. The fourth-order valence-electron chi connectivity index (χ4n) is 1.56. The molecule has 0 saturated carbocycles. The zero-order valence-electron chi connectivity index (χ0n) is 11.6. The van der Waals surface area contributed by atoms with E-state index >= 15 is 0 Å². The first kappa shape index (κ1) is 14.4. The molecule has 0 spiro atoms. The van der Waals surface area contributed by atoms with Crippen LogP contribution >= 0.6 is 0 Å². The summed E-state index contributed by atoms with van der Waals surface area (Å²) in [6.07, 6.45) is 8.03. The summed E-state index contributed by atoms with van der Waals surface area (Å²) in [6, 6.07) is 10.3. The minimum Gasteiger partial charge on any atom is -0.205 e. The van der Waals surface area contributed by atoms with E-state index in [0.717, 1.165) is 18.6 Å². The van der Waals surface area contributed by atoms with E-state index in [0.29, 0.717) is 4.59 Å². The Bertz CT molecular complexity index is 422. The maximum absolute atomic E-state index is 4.68. The van der Waals surface area contributed by atoms with Crippen LogP contribution in [0, 0.1) is 0 Å². The van der Waals surface area contributed by atoms with E-state index in [1.165, 1.54) is 5.56 Å². The largest absolute Gasteiger partial charge is 0.205 e. The summed E-state index contributed by atoms with van der Waals surface area (Å²) in [5.41, 5.74) is 2.30. The van der Waals surface area contributed by atoms with Gasteiger partial charge < -0.3 is 0 Å². The molecule has 0 bridgehead atoms. The van der Waals surface area contributed by atoms with E-state index in [9.17, 15) is 0 Å². The van der Waals surface area contributed by atoms with Gasteiger partial charge in [0.25, 0.3) is 0 Å². The van der Waals surface area contributed by atoms with Gasteiger partial charge in [-0.05, 0) is 24.5 Å². The molecule has 0 amide bonds. The first-order chi connectivity index (χ1) is 8.51. The third kappa shape index (κ3) is 6.16. The molecule has 0 aliphatic carbocycles. The molecule has 1 aromatic rings. The van der Waals surface area contributed by atoms with Crippen LogP contribution in [0.4, 0.5) is 0 Å². The molecular weight excluding hydrogens is 220 g/mol. The van der Waals surface area contributed by atoms with Gasteiger partial charge in [0.05, 0.1) is 26.9 Å². The molecule has 0 heterocycles. The minimum absolute atomic E-state index is 0.589. The molecule has 0 aliphatic heterocycles. The summed E-state index contributed by atoms with van der Waals surface area (Å²) >= 11 is 0. The van der Waals surface area contributed by atoms with Gasteiger partial charge in [0.15, 0.2) is 0 Å². The van der Waals surface area contributed by atoms with Crippen LogP contribution < -0.4 is 0 Å². The molecule has 0 aromatic heterocycles. The van der Waals surface area contributed by atoms with Crippen molar-refractivity contribution in [3.63, 3.8) is 0 Å². The molecular formula is C16H23N2+. The summed E-state index contributed by atoms with van der Waals surface area (Å²) in [4.78, 5) is 0. The molecule has 2 heteroatoms. The van der Waals surface area contributed by atoms with Gasteiger partial charge in [-0.15, -0.1) is 6.58 Å². The monoisotopic (exact) mass is 243 g/mol. The summed E-state index contributed by atoms with van der Waals surface area (Å²) in [6.45, 7) is 3.76. The predicted octanol–water partition coefficient (Wildman–Crippen LogP) is 3.73. The Morgan fingerprint density at radius 2 is 1.89 bits per heavy atom. The van der Waals surface area contributed by atoms with Gasteiger partial charge in [-0.25, -0.2) is 4.59 Å². The van der Waals surface area contributed by atoms with Crippen LogP contribution in [0.5, 0.6) is 0 Å². The van der Waals surface area contributed by atoms with Crippen LogP contribution in [0.1, 0.15) is 18.4 Å². The molecule has 1 aromatic carbocycles. The van der Waals surface area contributed by atoms with E-state index in [4.69, 9.17) is 0 Å². The molecule has 96 valence electrons. The van der Waals surface area contributed by atoms with Crippen LogP contribution in [0.15, 0.2) is 54.2 Å². The quantitative estimate of drug-likeness (QED) is 0.312. The molecule has 0 unspecified atom stereocenters. The van der Waals surface area contributed by atoms with Crippen molar-refractivity contribution in [3.8, 4) is 0 Å². The smallest absolute Gasteiger partial charge is 0.0961 e. The highest BCUT2D eigenvalue weighted by molar-refractivity contribution is 5.97. The van der Waals surface area contributed by atoms with E-state index in [-0.39, 0.29) is 0 Å². The summed E-state index contributed by atoms with van der Waals surface area (Å²) < 4.78 is 0.589. The Labute approximate surface area is 111 Å². The average Bonchev–Trinajstić information content (AvgIpc) is 2.32.